The third-order valence-corrected chi connectivity index (χ3v) is 13.7. The van der Waals surface area contributed by atoms with E-state index in [-0.39, 0.29) is 65.8 Å². The maximum atomic E-state index is 14.4. The molecule has 7 heterocycles. The van der Waals surface area contributed by atoms with Crippen molar-refractivity contribution in [3.63, 3.8) is 0 Å². The molecule has 1 N–H and O–H groups in total. The van der Waals surface area contributed by atoms with E-state index in [1.54, 1.807) is 33.2 Å². The Labute approximate surface area is 369 Å². The van der Waals surface area contributed by atoms with Gasteiger partial charge in [-0.05, 0) is 95.2 Å². The maximum Gasteiger partial charge on any atom is 0.329 e. The minimum absolute atomic E-state index is 0.00153. The van der Waals surface area contributed by atoms with E-state index in [2.05, 4.69) is 25.3 Å². The fraction of sp³-hybridized carbons (Fsp3) is 0.587. The Morgan fingerprint density at radius 3 is 2.48 bits per heavy atom. The molecule has 1 unspecified atom stereocenters. The SMILES string of the molecule is C[C@@H]1CN(c2ccn3ncc(C(=O)Cc4cn(C5CCC(CN6CCC(OCCCc7cccc8c7n(C)c(=O)n8C7CCC(=O)NC7=O)CC6)CC5)nc4C(F)F)c3n2)C[C@H](C)O1. The van der Waals surface area contributed by atoms with Gasteiger partial charge in [0.15, 0.2) is 11.4 Å². The Morgan fingerprint density at radius 2 is 1.75 bits per heavy atom. The molecule has 342 valence electrons. The number of piperidine rings is 2. The van der Waals surface area contributed by atoms with Gasteiger partial charge in [-0.2, -0.15) is 10.2 Å². The third kappa shape index (κ3) is 9.13. The minimum Gasteiger partial charge on any atom is -0.378 e. The lowest BCUT2D eigenvalue weighted by Gasteiger charge is -2.36. The summed E-state index contributed by atoms with van der Waals surface area (Å²) in [5, 5.41) is 11.1. The van der Waals surface area contributed by atoms with Gasteiger partial charge in [0.1, 0.15) is 17.6 Å². The van der Waals surface area contributed by atoms with Crippen LogP contribution in [0.1, 0.15) is 117 Å². The van der Waals surface area contributed by atoms with Crippen molar-refractivity contribution >= 4 is 40.1 Å². The molecular weight excluding hydrogens is 827 g/mol. The van der Waals surface area contributed by atoms with Gasteiger partial charge in [0.05, 0.1) is 47.1 Å². The van der Waals surface area contributed by atoms with Gasteiger partial charge in [-0.3, -0.25) is 33.5 Å². The molecule has 16 nitrogen and oxygen atoms in total. The van der Waals surface area contributed by atoms with E-state index in [4.69, 9.17) is 14.5 Å². The number of fused-ring (bicyclic) bond motifs is 2. The van der Waals surface area contributed by atoms with Crippen LogP contribution in [0.5, 0.6) is 0 Å². The summed E-state index contributed by atoms with van der Waals surface area (Å²) in [5.74, 6) is 0.150. The van der Waals surface area contributed by atoms with E-state index in [1.807, 2.05) is 38.1 Å². The summed E-state index contributed by atoms with van der Waals surface area (Å²) in [7, 11) is 1.73. The van der Waals surface area contributed by atoms with Crippen molar-refractivity contribution in [3.8, 4) is 0 Å². The van der Waals surface area contributed by atoms with Gasteiger partial charge in [-0.1, -0.05) is 12.1 Å². The fourth-order valence-corrected chi connectivity index (χ4v) is 10.5. The Hall–Kier alpha value is -5.33. The van der Waals surface area contributed by atoms with Crippen molar-refractivity contribution in [1.82, 2.24) is 43.7 Å². The van der Waals surface area contributed by atoms with Crippen molar-refractivity contribution in [2.24, 2.45) is 13.0 Å². The van der Waals surface area contributed by atoms with E-state index < -0.39 is 18.4 Å². The Kier molecular flexibility index (Phi) is 12.8. The van der Waals surface area contributed by atoms with Crippen LogP contribution in [0.2, 0.25) is 0 Å². The van der Waals surface area contributed by atoms with E-state index in [1.165, 1.54) is 10.8 Å². The molecule has 0 bridgehead atoms. The van der Waals surface area contributed by atoms with Crippen LogP contribution in [0.15, 0.2) is 47.7 Å². The summed E-state index contributed by atoms with van der Waals surface area (Å²) < 4.78 is 47.3. The molecule has 3 atom stereocenters. The van der Waals surface area contributed by atoms with Gasteiger partial charge in [0.25, 0.3) is 6.43 Å². The Bertz CT molecular complexity index is 2560. The zero-order chi connectivity index (χ0) is 44.6. The molecule has 3 saturated heterocycles. The number of hydrogen-bond donors (Lipinski definition) is 1. The molecule has 1 aliphatic carbocycles. The topological polar surface area (TPSA) is 163 Å². The normalized spacial score (nSPS) is 24.0. The second-order valence-corrected chi connectivity index (χ2v) is 18.3. The predicted octanol–water partition coefficient (Wildman–Crippen LogP) is 5.38. The highest BCUT2D eigenvalue weighted by Crippen LogP contribution is 2.35. The van der Waals surface area contributed by atoms with Gasteiger partial charge in [-0.25, -0.2) is 23.1 Å². The number of hydrogen-bond acceptors (Lipinski definition) is 11. The second-order valence-electron chi connectivity index (χ2n) is 18.3. The smallest absolute Gasteiger partial charge is 0.329 e. The average Bonchev–Trinajstić information content (AvgIpc) is 3.97. The lowest BCUT2D eigenvalue weighted by Crippen LogP contribution is -2.45. The number of ketones is 1. The summed E-state index contributed by atoms with van der Waals surface area (Å²) in [6.45, 7) is 8.90. The van der Waals surface area contributed by atoms with Crippen LogP contribution in [0.3, 0.4) is 0 Å². The number of Topliss-reactive ketones (excluding diaryl/α,β-unsaturated/α-hetero) is 1. The van der Waals surface area contributed by atoms with Gasteiger partial charge >= 0.3 is 5.69 Å². The minimum atomic E-state index is -2.80. The largest absolute Gasteiger partial charge is 0.378 e. The highest BCUT2D eigenvalue weighted by molar-refractivity contribution is 6.02. The molecule has 9 rings (SSSR count). The molecule has 0 spiro atoms. The van der Waals surface area contributed by atoms with Gasteiger partial charge in [0, 0.05) is 77.2 Å². The van der Waals surface area contributed by atoms with E-state index in [0.717, 1.165) is 82.1 Å². The number of ether oxygens (including phenoxy) is 2. The lowest BCUT2D eigenvalue weighted by molar-refractivity contribution is -0.135. The van der Waals surface area contributed by atoms with Crippen molar-refractivity contribution in [2.45, 2.75) is 121 Å². The van der Waals surface area contributed by atoms with Crippen molar-refractivity contribution in [3.05, 3.63) is 75.7 Å². The molecule has 2 amide bonds. The Morgan fingerprint density at radius 1 is 0.984 bits per heavy atom. The number of amides is 2. The van der Waals surface area contributed by atoms with Crippen LogP contribution in [0.25, 0.3) is 16.7 Å². The maximum absolute atomic E-state index is 14.4. The predicted molar refractivity (Wildman–Crippen MR) is 234 cm³/mol. The van der Waals surface area contributed by atoms with Crippen molar-refractivity contribution in [2.75, 3.05) is 44.2 Å². The number of nitrogens with zero attached hydrogens (tertiary/aromatic N) is 9. The number of rotatable bonds is 14. The number of carbonyl (C=O) groups is 3. The molecule has 5 aromatic rings. The number of carbonyl (C=O) groups excluding carboxylic acids is 3. The molecular formula is C46H58F2N10O6. The number of morpholine rings is 1. The molecule has 3 aliphatic heterocycles. The number of imide groups is 1. The van der Waals surface area contributed by atoms with Crippen molar-refractivity contribution < 1.29 is 32.6 Å². The number of alkyl halides is 2. The summed E-state index contributed by atoms with van der Waals surface area (Å²) in [5.41, 5.74) is 2.85. The summed E-state index contributed by atoms with van der Waals surface area (Å²) in [4.78, 5) is 60.8. The van der Waals surface area contributed by atoms with Gasteiger partial charge in [0.2, 0.25) is 11.8 Å². The molecule has 1 saturated carbocycles. The highest BCUT2D eigenvalue weighted by atomic mass is 19.3. The summed E-state index contributed by atoms with van der Waals surface area (Å²) >= 11 is 0. The number of aryl methyl sites for hydroxylation is 2. The molecule has 4 aliphatic rings. The summed E-state index contributed by atoms with van der Waals surface area (Å²) in [6, 6.07) is 6.94. The number of anilines is 1. The van der Waals surface area contributed by atoms with E-state index >= 15 is 0 Å². The first kappa shape index (κ1) is 43.9. The molecule has 18 heteroatoms. The number of aromatic nitrogens is 7. The van der Waals surface area contributed by atoms with Gasteiger partial charge < -0.3 is 19.3 Å². The number of para-hydroxylation sites is 1. The fourth-order valence-electron chi connectivity index (χ4n) is 10.5. The number of likely N-dealkylation sites (tertiary alicyclic amines) is 1. The van der Waals surface area contributed by atoms with E-state index in [0.29, 0.717) is 54.6 Å². The Balaban J connectivity index is 0.732. The van der Waals surface area contributed by atoms with Crippen LogP contribution >= 0.6 is 0 Å². The van der Waals surface area contributed by atoms with Crippen LogP contribution in [0, 0.1) is 5.92 Å². The van der Waals surface area contributed by atoms with Crippen molar-refractivity contribution in [1.29, 1.82) is 0 Å². The number of nitrogens with one attached hydrogen (secondary N) is 1. The first-order valence-corrected chi connectivity index (χ1v) is 22.9. The summed E-state index contributed by atoms with van der Waals surface area (Å²) in [6.07, 6.45) is 9.70. The number of benzene rings is 1. The highest BCUT2D eigenvalue weighted by Gasteiger charge is 2.33. The quantitative estimate of drug-likeness (QED) is 0.0866. The van der Waals surface area contributed by atoms with Gasteiger partial charge in [-0.15, -0.1) is 0 Å². The molecule has 0 radical (unpaired) electrons. The third-order valence-electron chi connectivity index (χ3n) is 13.7. The standard InChI is InChI=1S/C46H58F2N10O6/c1-28-24-55(25-29(2)64-28)39-17-20-56-44(50-39)35(23-49-56)38(59)22-32-27-57(52-41(32)43(47)48)33-11-9-30(10-12-33)26-54-18-15-34(16-19-54)63-21-5-7-31-6-4-8-36-42(31)53(3)46(62)58(36)37-13-14-40(60)51-45(37)61/h4,6,8,17,20,23,27-30,33-34,37,43H,5,7,9-16,18-19,21-22,24-26H2,1-3H3,(H,51,60,61)/t28-,29+,30?,33?,37?. The molecule has 64 heavy (non-hydrogen) atoms. The van der Waals surface area contributed by atoms with Crippen LogP contribution in [0.4, 0.5) is 14.6 Å². The van der Waals surface area contributed by atoms with Crippen LogP contribution in [-0.2, 0) is 39.0 Å². The zero-order valence-corrected chi connectivity index (χ0v) is 36.8. The lowest BCUT2D eigenvalue weighted by atomic mass is 9.85. The molecule has 1 aromatic carbocycles. The first-order valence-electron chi connectivity index (χ1n) is 22.9. The monoisotopic (exact) mass is 884 g/mol. The molecule has 4 fully saturated rings. The first-order chi connectivity index (χ1) is 30.9. The van der Waals surface area contributed by atoms with Crippen LogP contribution < -0.4 is 15.9 Å². The average molecular weight is 885 g/mol. The number of imidazole rings is 1. The second kappa shape index (κ2) is 18.6. The molecule has 4 aromatic heterocycles. The zero-order valence-electron chi connectivity index (χ0n) is 36.8. The number of halogens is 2. The van der Waals surface area contributed by atoms with Crippen LogP contribution in [-0.4, -0.2) is 114 Å². The van der Waals surface area contributed by atoms with E-state index in [9.17, 15) is 28.0 Å².